The molecule has 0 saturated heterocycles. The lowest BCUT2D eigenvalue weighted by Crippen LogP contribution is -2.41. The zero-order valence-corrected chi connectivity index (χ0v) is 9.56. The van der Waals surface area contributed by atoms with E-state index in [1.165, 1.54) is 6.92 Å². The Bertz CT molecular complexity index is 338. The number of nitrogens with zero attached hydrogens (tertiary/aromatic N) is 1. The molecule has 96 valence electrons. The van der Waals surface area contributed by atoms with Crippen LogP contribution in [-0.2, 0) is 19.6 Å². The minimum Gasteiger partial charge on any atom is -0.469 e. The van der Waals surface area contributed by atoms with E-state index in [-0.39, 0.29) is 10.8 Å². The average Bonchev–Trinajstić information content (AvgIpc) is 2.16. The van der Waals surface area contributed by atoms with Crippen LogP contribution in [0.5, 0.6) is 0 Å². The van der Waals surface area contributed by atoms with Crippen LogP contribution in [0.2, 0.25) is 0 Å². The normalized spacial score (nSPS) is 12.9. The van der Waals surface area contributed by atoms with Gasteiger partial charge >= 0.3 is 21.5 Å². The Hall–Kier alpha value is -0.830. The first-order valence-electron chi connectivity index (χ1n) is 4.30. The smallest absolute Gasteiger partial charge is 0.469 e. The number of halogens is 3. The summed E-state index contributed by atoms with van der Waals surface area (Å²) >= 11 is 0. The molecule has 0 rings (SSSR count). The second kappa shape index (κ2) is 5.48. The molecule has 9 heteroatoms. The van der Waals surface area contributed by atoms with E-state index in [2.05, 4.69) is 4.74 Å². The summed E-state index contributed by atoms with van der Waals surface area (Å²) < 4.78 is 62.6. The van der Waals surface area contributed by atoms with Crippen molar-refractivity contribution in [3.05, 3.63) is 0 Å². The lowest BCUT2D eigenvalue weighted by Gasteiger charge is -2.20. The van der Waals surface area contributed by atoms with Gasteiger partial charge < -0.3 is 4.74 Å². The van der Waals surface area contributed by atoms with Gasteiger partial charge in [0.25, 0.3) is 0 Å². The largest absolute Gasteiger partial charge is 0.511 e. The number of esters is 1. The van der Waals surface area contributed by atoms with Crippen molar-refractivity contribution in [3.8, 4) is 0 Å². The number of hydrogen-bond donors (Lipinski definition) is 0. The van der Waals surface area contributed by atoms with Crippen molar-refractivity contribution in [1.82, 2.24) is 4.31 Å². The third-order valence-corrected chi connectivity index (χ3v) is 3.48. The monoisotopic (exact) mass is 263 g/mol. The summed E-state index contributed by atoms with van der Waals surface area (Å²) in [5, 5.41) is 0. The summed E-state index contributed by atoms with van der Waals surface area (Å²) in [4.78, 5) is 10.7. The van der Waals surface area contributed by atoms with E-state index in [0.717, 1.165) is 7.11 Å². The molecule has 0 aliphatic carbocycles. The van der Waals surface area contributed by atoms with Gasteiger partial charge in [-0.05, 0) is 0 Å². The van der Waals surface area contributed by atoms with E-state index in [0.29, 0.717) is 0 Å². The molecule has 0 aliphatic heterocycles. The third-order valence-electron chi connectivity index (χ3n) is 1.78. The first-order valence-corrected chi connectivity index (χ1v) is 5.74. The minimum atomic E-state index is -5.37. The Morgan fingerprint density at radius 3 is 2.19 bits per heavy atom. The number of rotatable bonds is 5. The van der Waals surface area contributed by atoms with E-state index in [1.807, 2.05) is 0 Å². The number of hydrogen-bond acceptors (Lipinski definition) is 4. The highest BCUT2D eigenvalue weighted by atomic mass is 32.2. The fraction of sp³-hybridized carbons (Fsp3) is 0.857. The maximum atomic E-state index is 12.1. The molecule has 16 heavy (non-hydrogen) atoms. The summed E-state index contributed by atoms with van der Waals surface area (Å²) in [6.07, 6.45) is -0.417. The zero-order valence-electron chi connectivity index (χ0n) is 8.74. The molecule has 0 aromatic rings. The van der Waals surface area contributed by atoms with E-state index in [1.54, 1.807) is 0 Å². The Balaban J connectivity index is 4.70. The summed E-state index contributed by atoms with van der Waals surface area (Å²) in [7, 11) is -4.30. The molecule has 5 nitrogen and oxygen atoms in total. The minimum absolute atomic E-state index is 0.184. The van der Waals surface area contributed by atoms with Crippen LogP contribution < -0.4 is 0 Å². The van der Waals surface area contributed by atoms with Crippen molar-refractivity contribution in [2.24, 2.45) is 0 Å². The molecule has 0 bridgehead atoms. The van der Waals surface area contributed by atoms with Crippen LogP contribution in [0.3, 0.4) is 0 Å². The van der Waals surface area contributed by atoms with Crippen molar-refractivity contribution in [2.75, 3.05) is 20.2 Å². The van der Waals surface area contributed by atoms with Gasteiger partial charge in [0.05, 0.1) is 13.5 Å². The Morgan fingerprint density at radius 2 is 1.88 bits per heavy atom. The zero-order chi connectivity index (χ0) is 13.0. The van der Waals surface area contributed by atoms with E-state index in [9.17, 15) is 26.4 Å². The number of carbonyl (C=O) groups is 1. The van der Waals surface area contributed by atoms with Gasteiger partial charge in [-0.2, -0.15) is 17.5 Å². The molecular weight excluding hydrogens is 251 g/mol. The van der Waals surface area contributed by atoms with Crippen LogP contribution in [0.4, 0.5) is 13.2 Å². The SMILES string of the molecule is CCN(CCC(=O)OC)S(=O)(=O)C(F)(F)F. The predicted molar refractivity (Wildman–Crippen MR) is 48.9 cm³/mol. The molecule has 0 heterocycles. The number of methoxy groups -OCH3 is 1. The van der Waals surface area contributed by atoms with Crippen LogP contribution in [0.25, 0.3) is 0 Å². The van der Waals surface area contributed by atoms with Crippen LogP contribution >= 0.6 is 0 Å². The Morgan fingerprint density at radius 1 is 1.38 bits per heavy atom. The van der Waals surface area contributed by atoms with Gasteiger partial charge in [0, 0.05) is 13.1 Å². The van der Waals surface area contributed by atoms with Gasteiger partial charge in [0.2, 0.25) is 0 Å². The van der Waals surface area contributed by atoms with Gasteiger partial charge in [0.15, 0.2) is 0 Å². The topological polar surface area (TPSA) is 63.7 Å². The predicted octanol–water partition coefficient (Wildman–Crippen LogP) is 0.721. The van der Waals surface area contributed by atoms with Gasteiger partial charge in [-0.1, -0.05) is 6.92 Å². The third kappa shape index (κ3) is 3.63. The first kappa shape index (κ1) is 15.2. The number of sulfonamides is 1. The van der Waals surface area contributed by atoms with Crippen molar-refractivity contribution < 1.29 is 31.1 Å². The maximum Gasteiger partial charge on any atom is 0.511 e. The summed E-state index contributed by atoms with van der Waals surface area (Å²) in [6, 6.07) is 0. The quantitative estimate of drug-likeness (QED) is 0.686. The molecule has 0 aromatic heterocycles. The molecule has 0 aliphatic rings. The molecule has 0 spiro atoms. The lowest BCUT2D eigenvalue weighted by atomic mass is 10.4. The summed E-state index contributed by atoms with van der Waals surface area (Å²) in [5.74, 6) is -0.768. The van der Waals surface area contributed by atoms with Crippen molar-refractivity contribution in [1.29, 1.82) is 0 Å². The van der Waals surface area contributed by atoms with Crippen LogP contribution in [-0.4, -0.2) is 44.4 Å². The first-order chi connectivity index (χ1) is 7.16. The van der Waals surface area contributed by atoms with Crippen molar-refractivity contribution in [3.63, 3.8) is 0 Å². The van der Waals surface area contributed by atoms with Crippen LogP contribution in [0.15, 0.2) is 0 Å². The van der Waals surface area contributed by atoms with Crippen LogP contribution in [0.1, 0.15) is 13.3 Å². The van der Waals surface area contributed by atoms with Gasteiger partial charge in [-0.3, -0.25) is 4.79 Å². The molecule has 0 unspecified atom stereocenters. The Kier molecular flexibility index (Phi) is 5.20. The van der Waals surface area contributed by atoms with Crippen molar-refractivity contribution >= 4 is 16.0 Å². The highest BCUT2D eigenvalue weighted by Gasteiger charge is 2.49. The van der Waals surface area contributed by atoms with E-state index >= 15 is 0 Å². The average molecular weight is 263 g/mol. The molecule has 0 radical (unpaired) electrons. The highest BCUT2D eigenvalue weighted by molar-refractivity contribution is 7.90. The summed E-state index contributed by atoms with van der Waals surface area (Å²) in [6.45, 7) is 0.338. The molecule has 0 fully saturated rings. The van der Waals surface area contributed by atoms with Gasteiger partial charge in [0.1, 0.15) is 0 Å². The number of carbonyl (C=O) groups excluding carboxylic acids is 1. The molecular formula is C7H12F3NO4S. The fourth-order valence-electron chi connectivity index (χ4n) is 0.913. The molecule has 0 aromatic carbocycles. The highest BCUT2D eigenvalue weighted by Crippen LogP contribution is 2.26. The number of ether oxygens (including phenoxy) is 1. The van der Waals surface area contributed by atoms with E-state index in [4.69, 9.17) is 0 Å². The molecule has 0 saturated carbocycles. The van der Waals surface area contributed by atoms with Crippen molar-refractivity contribution in [2.45, 2.75) is 18.9 Å². The molecule has 0 amide bonds. The molecule has 0 atom stereocenters. The van der Waals surface area contributed by atoms with Gasteiger partial charge in [-0.15, -0.1) is 0 Å². The fourth-order valence-corrected chi connectivity index (χ4v) is 1.88. The summed E-state index contributed by atoms with van der Waals surface area (Å²) in [5.41, 5.74) is -5.35. The van der Waals surface area contributed by atoms with Gasteiger partial charge in [-0.25, -0.2) is 8.42 Å². The van der Waals surface area contributed by atoms with E-state index < -0.39 is 34.5 Å². The standard InChI is InChI=1S/C7H12F3NO4S/c1-3-11(5-4-6(12)15-2)16(13,14)7(8,9)10/h3-5H2,1-2H3. The second-order valence-electron chi connectivity index (χ2n) is 2.77. The second-order valence-corrected chi connectivity index (χ2v) is 4.70. The lowest BCUT2D eigenvalue weighted by molar-refractivity contribution is -0.140. The van der Waals surface area contributed by atoms with Crippen LogP contribution in [0, 0.1) is 0 Å². The number of alkyl halides is 3. The Labute approximate surface area is 91.2 Å². The maximum absolute atomic E-state index is 12.1. The molecule has 0 N–H and O–H groups in total.